The standard InChI is InChI=1S/C6H8IN3O/c1-3-4(2)8-6(10-7)9-5(3)11/h1-2H3,(H2,8,9,10,11). The molecule has 5 heteroatoms. The number of aryl methyl sites for hydroxylation is 1. The third-order valence-electron chi connectivity index (χ3n) is 1.48. The monoisotopic (exact) mass is 265 g/mol. The number of H-pyrrole nitrogens is 1. The van der Waals surface area contributed by atoms with Gasteiger partial charge in [0.2, 0.25) is 5.95 Å². The molecule has 1 rings (SSSR count). The van der Waals surface area contributed by atoms with Crippen LogP contribution in [0.2, 0.25) is 0 Å². The molecule has 0 aromatic carbocycles. The summed E-state index contributed by atoms with van der Waals surface area (Å²) in [7, 11) is 0. The fourth-order valence-electron chi connectivity index (χ4n) is 0.690. The van der Waals surface area contributed by atoms with Crippen LogP contribution in [0, 0.1) is 13.8 Å². The van der Waals surface area contributed by atoms with Gasteiger partial charge in [-0.2, -0.15) is 0 Å². The number of rotatable bonds is 1. The van der Waals surface area contributed by atoms with Gasteiger partial charge in [-0.3, -0.25) is 13.3 Å². The van der Waals surface area contributed by atoms with E-state index in [1.54, 1.807) is 6.92 Å². The summed E-state index contributed by atoms with van der Waals surface area (Å²) >= 11 is 1.92. The minimum Gasteiger partial charge on any atom is -0.298 e. The van der Waals surface area contributed by atoms with Crippen molar-refractivity contribution < 1.29 is 0 Å². The lowest BCUT2D eigenvalue weighted by molar-refractivity contribution is 1.04. The maximum atomic E-state index is 11.1. The van der Waals surface area contributed by atoms with E-state index in [9.17, 15) is 4.79 Å². The Bertz CT molecular complexity index is 320. The maximum Gasteiger partial charge on any atom is 0.255 e. The van der Waals surface area contributed by atoms with E-state index in [2.05, 4.69) is 13.5 Å². The number of aromatic nitrogens is 2. The van der Waals surface area contributed by atoms with Crippen molar-refractivity contribution in [3.05, 3.63) is 21.6 Å². The smallest absolute Gasteiger partial charge is 0.255 e. The summed E-state index contributed by atoms with van der Waals surface area (Å²) in [5.74, 6) is 0.499. The molecule has 0 aliphatic carbocycles. The van der Waals surface area contributed by atoms with Gasteiger partial charge in [0.15, 0.2) is 0 Å². The zero-order valence-electron chi connectivity index (χ0n) is 6.23. The molecule has 0 radical (unpaired) electrons. The quantitative estimate of drug-likeness (QED) is 0.591. The minimum atomic E-state index is -0.0864. The van der Waals surface area contributed by atoms with Gasteiger partial charge in [-0.25, -0.2) is 4.98 Å². The van der Waals surface area contributed by atoms with Gasteiger partial charge in [-0.15, -0.1) is 0 Å². The third-order valence-corrected chi connectivity index (χ3v) is 2.00. The Balaban J connectivity index is 3.32. The van der Waals surface area contributed by atoms with Crippen LogP contribution < -0.4 is 9.09 Å². The Kier molecular flexibility index (Phi) is 2.48. The van der Waals surface area contributed by atoms with Crippen molar-refractivity contribution in [3.63, 3.8) is 0 Å². The van der Waals surface area contributed by atoms with Gasteiger partial charge in [-0.1, -0.05) is 0 Å². The van der Waals surface area contributed by atoms with Gasteiger partial charge in [0.25, 0.3) is 5.56 Å². The van der Waals surface area contributed by atoms with E-state index in [0.717, 1.165) is 5.69 Å². The molecule has 0 bridgehead atoms. The van der Waals surface area contributed by atoms with Crippen LogP contribution in [0.1, 0.15) is 11.3 Å². The number of hydrogen-bond acceptors (Lipinski definition) is 3. The van der Waals surface area contributed by atoms with Crippen molar-refractivity contribution in [1.29, 1.82) is 0 Å². The molecule has 4 nitrogen and oxygen atoms in total. The molecule has 0 fully saturated rings. The molecule has 1 heterocycles. The number of aromatic amines is 1. The van der Waals surface area contributed by atoms with Gasteiger partial charge in [-0.05, 0) is 13.8 Å². The predicted molar refractivity (Wildman–Crippen MR) is 52.0 cm³/mol. The second-order valence-corrected chi connectivity index (χ2v) is 2.76. The molecule has 0 spiro atoms. The molecule has 0 saturated heterocycles. The van der Waals surface area contributed by atoms with E-state index >= 15 is 0 Å². The molecule has 0 unspecified atom stereocenters. The Labute approximate surface area is 77.9 Å². The van der Waals surface area contributed by atoms with Crippen LogP contribution >= 0.6 is 22.9 Å². The second-order valence-electron chi connectivity index (χ2n) is 2.22. The SMILES string of the molecule is Cc1nc(NI)[nH]c(=O)c1C. The van der Waals surface area contributed by atoms with E-state index in [1.807, 2.05) is 29.8 Å². The van der Waals surface area contributed by atoms with E-state index in [0.29, 0.717) is 11.5 Å². The molecule has 1 aromatic heterocycles. The summed E-state index contributed by atoms with van der Waals surface area (Å²) in [4.78, 5) is 17.7. The summed E-state index contributed by atoms with van der Waals surface area (Å²) in [6.45, 7) is 3.56. The van der Waals surface area contributed by atoms with Gasteiger partial charge < -0.3 is 0 Å². The van der Waals surface area contributed by atoms with E-state index < -0.39 is 0 Å². The predicted octanol–water partition coefficient (Wildman–Crippen LogP) is 1.15. The average Bonchev–Trinajstić information content (AvgIpc) is 1.99. The zero-order valence-corrected chi connectivity index (χ0v) is 8.39. The first-order valence-electron chi connectivity index (χ1n) is 3.09. The van der Waals surface area contributed by atoms with Gasteiger partial charge in [0.1, 0.15) is 0 Å². The first-order chi connectivity index (χ1) is 5.15. The molecule has 60 valence electrons. The average molecular weight is 265 g/mol. The molecular weight excluding hydrogens is 257 g/mol. The Hall–Kier alpha value is -0.590. The van der Waals surface area contributed by atoms with E-state index in [-0.39, 0.29) is 5.56 Å². The van der Waals surface area contributed by atoms with Crippen molar-refractivity contribution in [2.24, 2.45) is 0 Å². The van der Waals surface area contributed by atoms with Crippen LogP contribution in [0.15, 0.2) is 4.79 Å². The Morgan fingerprint density at radius 2 is 2.18 bits per heavy atom. The number of nitrogens with zero attached hydrogens (tertiary/aromatic N) is 1. The lowest BCUT2D eigenvalue weighted by Gasteiger charge is -2.00. The highest BCUT2D eigenvalue weighted by Crippen LogP contribution is 2.01. The van der Waals surface area contributed by atoms with Crippen LogP contribution in [-0.2, 0) is 0 Å². The number of hydrogen-bond donors (Lipinski definition) is 2. The minimum absolute atomic E-state index is 0.0864. The van der Waals surface area contributed by atoms with Crippen molar-refractivity contribution in [2.75, 3.05) is 3.53 Å². The number of nitrogens with one attached hydrogen (secondary N) is 2. The normalized spacial score (nSPS) is 9.73. The molecule has 0 saturated carbocycles. The fraction of sp³-hybridized carbons (Fsp3) is 0.333. The second kappa shape index (κ2) is 3.21. The first kappa shape index (κ1) is 8.51. The maximum absolute atomic E-state index is 11.1. The lowest BCUT2D eigenvalue weighted by Crippen LogP contribution is -2.14. The first-order valence-corrected chi connectivity index (χ1v) is 4.17. The number of anilines is 1. The Morgan fingerprint density at radius 1 is 1.55 bits per heavy atom. The van der Waals surface area contributed by atoms with Gasteiger partial charge in [0, 0.05) is 11.3 Å². The van der Waals surface area contributed by atoms with Crippen LogP contribution in [0.3, 0.4) is 0 Å². The zero-order chi connectivity index (χ0) is 8.43. The lowest BCUT2D eigenvalue weighted by atomic mass is 10.3. The van der Waals surface area contributed by atoms with Crippen LogP contribution in [-0.4, -0.2) is 9.97 Å². The third kappa shape index (κ3) is 1.70. The molecule has 2 N–H and O–H groups in total. The highest BCUT2D eigenvalue weighted by Gasteiger charge is 2.00. The topological polar surface area (TPSA) is 57.8 Å². The van der Waals surface area contributed by atoms with Crippen LogP contribution in [0.5, 0.6) is 0 Å². The largest absolute Gasteiger partial charge is 0.298 e. The molecule has 11 heavy (non-hydrogen) atoms. The highest BCUT2D eigenvalue weighted by molar-refractivity contribution is 14.1. The van der Waals surface area contributed by atoms with Crippen molar-refractivity contribution in [3.8, 4) is 0 Å². The van der Waals surface area contributed by atoms with Crippen molar-refractivity contribution in [2.45, 2.75) is 13.8 Å². The highest BCUT2D eigenvalue weighted by atomic mass is 127. The molecule has 0 aliphatic heterocycles. The molecule has 0 amide bonds. The molecule has 0 atom stereocenters. The summed E-state index contributed by atoms with van der Waals surface area (Å²) in [5, 5.41) is 0. The fourth-order valence-corrected chi connectivity index (χ4v) is 0.945. The molecular formula is C6H8IN3O. The van der Waals surface area contributed by atoms with Gasteiger partial charge >= 0.3 is 0 Å². The van der Waals surface area contributed by atoms with Crippen molar-refractivity contribution >= 4 is 28.8 Å². The Morgan fingerprint density at radius 3 is 2.64 bits per heavy atom. The van der Waals surface area contributed by atoms with Crippen LogP contribution in [0.25, 0.3) is 0 Å². The molecule has 0 aliphatic rings. The van der Waals surface area contributed by atoms with Gasteiger partial charge in [0.05, 0.1) is 22.9 Å². The van der Waals surface area contributed by atoms with E-state index in [1.165, 1.54) is 0 Å². The number of halogens is 1. The van der Waals surface area contributed by atoms with E-state index in [4.69, 9.17) is 0 Å². The summed E-state index contributed by atoms with van der Waals surface area (Å²) in [6, 6.07) is 0. The summed E-state index contributed by atoms with van der Waals surface area (Å²) in [6.07, 6.45) is 0. The van der Waals surface area contributed by atoms with Crippen molar-refractivity contribution in [1.82, 2.24) is 9.97 Å². The molecule has 1 aromatic rings. The summed E-state index contributed by atoms with van der Waals surface area (Å²) in [5.41, 5.74) is 1.34. The summed E-state index contributed by atoms with van der Waals surface area (Å²) < 4.78 is 2.74. The van der Waals surface area contributed by atoms with Crippen LogP contribution in [0.4, 0.5) is 5.95 Å².